The molecule has 1 spiro atoms. The van der Waals surface area contributed by atoms with Gasteiger partial charge in [-0.2, -0.15) is 4.72 Å². The maximum absolute atomic E-state index is 13.4. The van der Waals surface area contributed by atoms with Crippen LogP contribution >= 0.6 is 0 Å². The highest BCUT2D eigenvalue weighted by Gasteiger charge is 2.54. The monoisotopic (exact) mass is 678 g/mol. The molecule has 1 aromatic heterocycles. The lowest BCUT2D eigenvalue weighted by Gasteiger charge is -2.28. The lowest BCUT2D eigenvalue weighted by Crippen LogP contribution is -2.49. The Morgan fingerprint density at radius 2 is 1.79 bits per heavy atom. The lowest BCUT2D eigenvalue weighted by molar-refractivity contribution is -0.138. The SMILES string of the molecule is Cc1cc(C)c(S(=O)(=O)NC(CNC(=O)C2=NO[C@]3(C2)CC(C(N)c2ccccn2)N(C(=O)OCc2ccccc2)C3)C(=O)O)c(C)c1. The molecule has 48 heavy (non-hydrogen) atoms. The van der Waals surface area contributed by atoms with Gasteiger partial charge in [-0.3, -0.25) is 19.5 Å². The minimum absolute atomic E-state index is 0.0128. The highest BCUT2D eigenvalue weighted by Crippen LogP contribution is 2.41. The van der Waals surface area contributed by atoms with Gasteiger partial charge >= 0.3 is 12.1 Å². The van der Waals surface area contributed by atoms with Crippen LogP contribution in [0.15, 0.2) is 76.9 Å². The number of nitrogens with zero attached hydrogens (tertiary/aromatic N) is 3. The maximum Gasteiger partial charge on any atom is 0.410 e. The van der Waals surface area contributed by atoms with Crippen molar-refractivity contribution in [3.05, 3.63) is 94.8 Å². The Hall–Kier alpha value is -4.86. The third kappa shape index (κ3) is 7.64. The number of aryl methyl sites for hydroxylation is 3. The van der Waals surface area contributed by atoms with E-state index in [4.69, 9.17) is 15.3 Å². The van der Waals surface area contributed by atoms with Crippen LogP contribution in [0.25, 0.3) is 0 Å². The summed E-state index contributed by atoms with van der Waals surface area (Å²) in [7, 11) is -4.25. The summed E-state index contributed by atoms with van der Waals surface area (Å²) >= 11 is 0. The van der Waals surface area contributed by atoms with E-state index >= 15 is 0 Å². The fourth-order valence-electron chi connectivity index (χ4n) is 6.23. The van der Waals surface area contributed by atoms with Gasteiger partial charge in [0.15, 0.2) is 5.60 Å². The Morgan fingerprint density at radius 3 is 2.44 bits per heavy atom. The Morgan fingerprint density at radius 1 is 1.10 bits per heavy atom. The van der Waals surface area contributed by atoms with Gasteiger partial charge < -0.3 is 25.7 Å². The number of hydrogen-bond donors (Lipinski definition) is 4. The van der Waals surface area contributed by atoms with Crippen molar-refractivity contribution in [2.24, 2.45) is 10.9 Å². The van der Waals surface area contributed by atoms with Crippen LogP contribution in [0.1, 0.15) is 46.8 Å². The molecule has 3 unspecified atom stereocenters. The molecule has 1 saturated heterocycles. The number of likely N-dealkylation sites (tertiary alicyclic amines) is 1. The van der Waals surface area contributed by atoms with Crippen LogP contribution in [0.3, 0.4) is 0 Å². The highest BCUT2D eigenvalue weighted by molar-refractivity contribution is 7.89. The summed E-state index contributed by atoms with van der Waals surface area (Å²) < 4.78 is 34.2. The van der Waals surface area contributed by atoms with Crippen molar-refractivity contribution in [2.75, 3.05) is 13.1 Å². The van der Waals surface area contributed by atoms with Crippen LogP contribution in [0, 0.1) is 20.8 Å². The van der Waals surface area contributed by atoms with Crippen molar-refractivity contribution >= 4 is 33.7 Å². The summed E-state index contributed by atoms with van der Waals surface area (Å²) in [5.41, 5.74) is 8.61. The van der Waals surface area contributed by atoms with Gasteiger partial charge in [-0.05, 0) is 49.6 Å². The molecule has 0 aliphatic carbocycles. The number of carbonyl (C=O) groups excluding carboxylic acids is 2. The zero-order valence-corrected chi connectivity index (χ0v) is 27.6. The van der Waals surface area contributed by atoms with Crippen molar-refractivity contribution in [1.82, 2.24) is 19.9 Å². The smallest absolute Gasteiger partial charge is 0.410 e. The second kappa shape index (κ2) is 14.1. The van der Waals surface area contributed by atoms with Crippen LogP contribution in [0.4, 0.5) is 4.79 Å². The topological polar surface area (TPSA) is 203 Å². The number of oxime groups is 1. The van der Waals surface area contributed by atoms with E-state index in [0.717, 1.165) is 11.1 Å². The number of ether oxygens (including phenoxy) is 1. The van der Waals surface area contributed by atoms with Crippen molar-refractivity contribution in [2.45, 2.75) is 68.8 Å². The van der Waals surface area contributed by atoms with E-state index in [9.17, 15) is 27.9 Å². The van der Waals surface area contributed by atoms with Gasteiger partial charge in [0.05, 0.1) is 29.2 Å². The number of rotatable bonds is 11. The number of pyridine rings is 1. The van der Waals surface area contributed by atoms with Crippen molar-refractivity contribution < 1.29 is 37.5 Å². The zero-order chi connectivity index (χ0) is 34.6. The average molecular weight is 679 g/mol. The first-order valence-corrected chi connectivity index (χ1v) is 16.8. The molecule has 3 aromatic rings. The molecule has 2 aromatic carbocycles. The fourth-order valence-corrected chi connectivity index (χ4v) is 7.87. The Bertz CT molecular complexity index is 1800. The predicted octanol–water partition coefficient (Wildman–Crippen LogP) is 2.48. The van der Waals surface area contributed by atoms with E-state index in [1.807, 2.05) is 37.3 Å². The standard InChI is InChI=1S/C33H38N6O8S/c1-20-13-21(2)29(22(3)14-20)48(44,45)38-26(31(41)42)17-36-30(40)25-15-33(47-37-25)16-27(28(34)24-11-7-8-12-35-24)39(19-33)32(43)46-18-23-9-5-4-6-10-23/h4-14,26-28,38H,15-19,34H2,1-3H3,(H,36,40)(H,41,42)/t26?,27?,28?,33-/m1/s1. The van der Waals surface area contributed by atoms with E-state index in [1.165, 1.54) is 4.90 Å². The number of aliphatic carboxylic acids is 1. The molecular formula is C33H38N6O8S. The molecule has 5 N–H and O–H groups in total. The molecular weight excluding hydrogens is 640 g/mol. The second-order valence-corrected chi connectivity index (χ2v) is 13.8. The van der Waals surface area contributed by atoms with Crippen LogP contribution in [0.5, 0.6) is 0 Å². The summed E-state index contributed by atoms with van der Waals surface area (Å²) in [6.07, 6.45) is 1.17. The first-order chi connectivity index (χ1) is 22.8. The number of nitrogens with two attached hydrogens (primary N) is 1. The summed E-state index contributed by atoms with van der Waals surface area (Å²) in [6, 6.07) is 14.9. The zero-order valence-electron chi connectivity index (χ0n) is 26.8. The Labute approximate surface area is 278 Å². The molecule has 14 nitrogen and oxygen atoms in total. The third-order valence-electron chi connectivity index (χ3n) is 8.36. The number of carboxylic acids is 1. The first kappa shape index (κ1) is 34.5. The summed E-state index contributed by atoms with van der Waals surface area (Å²) in [4.78, 5) is 50.2. The molecule has 3 heterocycles. The van der Waals surface area contributed by atoms with E-state index in [0.29, 0.717) is 16.8 Å². The molecule has 1 fully saturated rings. The van der Waals surface area contributed by atoms with E-state index in [-0.39, 0.29) is 36.6 Å². The van der Waals surface area contributed by atoms with Crippen LogP contribution in [-0.4, -0.2) is 77.9 Å². The van der Waals surface area contributed by atoms with Gasteiger partial charge in [-0.15, -0.1) is 0 Å². The number of amides is 2. The van der Waals surface area contributed by atoms with Crippen LogP contribution in [0.2, 0.25) is 0 Å². The molecule has 5 rings (SSSR count). The maximum atomic E-state index is 13.4. The van der Waals surface area contributed by atoms with Gasteiger partial charge in [0, 0.05) is 25.6 Å². The minimum Gasteiger partial charge on any atom is -0.480 e. The largest absolute Gasteiger partial charge is 0.480 e. The van der Waals surface area contributed by atoms with Crippen molar-refractivity contribution in [3.63, 3.8) is 0 Å². The molecule has 2 amide bonds. The number of aromatic nitrogens is 1. The van der Waals surface area contributed by atoms with Gasteiger partial charge in [0.2, 0.25) is 10.0 Å². The number of nitrogens with one attached hydrogen (secondary N) is 2. The number of hydrogen-bond acceptors (Lipinski definition) is 10. The van der Waals surface area contributed by atoms with Gasteiger partial charge in [0.25, 0.3) is 5.91 Å². The number of sulfonamides is 1. The molecule has 2 aliphatic rings. The van der Waals surface area contributed by atoms with Crippen molar-refractivity contribution in [1.29, 1.82) is 0 Å². The third-order valence-corrected chi connectivity index (χ3v) is 10.1. The van der Waals surface area contributed by atoms with Gasteiger partial charge in [0.1, 0.15) is 18.4 Å². The van der Waals surface area contributed by atoms with E-state index < -0.39 is 58.3 Å². The molecule has 15 heteroatoms. The molecule has 0 radical (unpaired) electrons. The van der Waals surface area contributed by atoms with Crippen molar-refractivity contribution in [3.8, 4) is 0 Å². The van der Waals surface area contributed by atoms with Gasteiger partial charge in [-0.25, -0.2) is 13.2 Å². The second-order valence-electron chi connectivity index (χ2n) is 12.2. The highest BCUT2D eigenvalue weighted by atomic mass is 32.2. The molecule has 254 valence electrons. The number of carboxylic acid groups (broad SMARTS) is 1. The van der Waals surface area contributed by atoms with Gasteiger partial charge in [-0.1, -0.05) is 59.3 Å². The fraction of sp³-hybridized carbons (Fsp3) is 0.364. The predicted molar refractivity (Wildman–Crippen MR) is 174 cm³/mol. The molecule has 2 aliphatic heterocycles. The van der Waals surface area contributed by atoms with Crippen LogP contribution in [-0.2, 0) is 35.8 Å². The lowest BCUT2D eigenvalue weighted by atomic mass is 9.91. The molecule has 0 bridgehead atoms. The number of benzene rings is 2. The minimum atomic E-state index is -4.25. The summed E-state index contributed by atoms with van der Waals surface area (Å²) in [5.74, 6) is -2.22. The Kier molecular flexibility index (Phi) is 10.1. The summed E-state index contributed by atoms with van der Waals surface area (Å²) in [6.45, 7) is 4.57. The summed E-state index contributed by atoms with van der Waals surface area (Å²) in [5, 5.41) is 16.2. The van der Waals surface area contributed by atoms with E-state index in [1.54, 1.807) is 50.4 Å². The van der Waals surface area contributed by atoms with Crippen LogP contribution < -0.4 is 15.8 Å². The normalized spacial score (nSPS) is 20.1. The molecule has 0 saturated carbocycles. The quantitative estimate of drug-likeness (QED) is 0.233. The number of carbonyl (C=O) groups is 3. The molecule has 4 atom stereocenters. The van der Waals surface area contributed by atoms with E-state index in [2.05, 4.69) is 20.2 Å². The first-order valence-electron chi connectivity index (χ1n) is 15.3. The average Bonchev–Trinajstić information content (AvgIpc) is 3.65. The Balaban J connectivity index is 1.26.